The highest BCUT2D eigenvalue weighted by Gasteiger charge is 2.28. The summed E-state index contributed by atoms with van der Waals surface area (Å²) in [4.78, 5) is 57.8. The molecule has 0 radical (unpaired) electrons. The van der Waals surface area contributed by atoms with Gasteiger partial charge in [-0.25, -0.2) is 4.79 Å². The molecule has 0 saturated carbocycles. The zero-order valence-corrected chi connectivity index (χ0v) is 22.4. The van der Waals surface area contributed by atoms with Crippen molar-refractivity contribution < 1.29 is 29.4 Å². The minimum atomic E-state index is -1.32. The Morgan fingerprint density at radius 1 is 0.800 bits per heavy atom. The van der Waals surface area contributed by atoms with Crippen LogP contribution in [0.2, 0.25) is 0 Å². The third-order valence-corrected chi connectivity index (χ3v) is 5.63. The molecular weight excluding hydrogens is 524 g/mol. The summed E-state index contributed by atoms with van der Waals surface area (Å²) in [5, 5.41) is 26.5. The summed E-state index contributed by atoms with van der Waals surface area (Å²) >= 11 is 0. The van der Waals surface area contributed by atoms with E-state index in [0.29, 0.717) is 18.5 Å². The van der Waals surface area contributed by atoms with Gasteiger partial charge in [0.15, 0.2) is 11.9 Å². The second-order valence-corrected chi connectivity index (χ2v) is 9.07. The standard InChI is InChI=1S/C24H40N10O6/c1-13(32-20(37)16(25)4-2-10-30-23(26)27)19(36)33-17(5-3-11-31-24(28)29)21(38)34-18(22(39)40)12-14-6-8-15(35)9-7-14/h6-9,13,16-18,35H,2-5,10-12,25H2,1H3,(H,32,37)(H,33,36)(H,34,38)(H,39,40)(H4,26,27,30)(H4,28,29,31). The van der Waals surface area contributed by atoms with Gasteiger partial charge < -0.3 is 54.8 Å². The first kappa shape index (κ1) is 33.4. The number of hydrogen-bond acceptors (Lipinski definition) is 8. The molecule has 3 amide bonds. The molecule has 1 rings (SSSR count). The number of hydrogen-bond donors (Lipinski definition) is 10. The molecule has 0 fully saturated rings. The lowest BCUT2D eigenvalue weighted by Gasteiger charge is -2.24. The Hall–Kier alpha value is -4.60. The molecule has 0 aliphatic heterocycles. The van der Waals surface area contributed by atoms with E-state index in [-0.39, 0.29) is 49.9 Å². The van der Waals surface area contributed by atoms with Gasteiger partial charge in [-0.3, -0.25) is 24.4 Å². The molecular formula is C24H40N10O6. The molecule has 222 valence electrons. The summed E-state index contributed by atoms with van der Waals surface area (Å²) in [7, 11) is 0. The molecule has 40 heavy (non-hydrogen) atoms. The van der Waals surface area contributed by atoms with Crippen LogP contribution in [-0.2, 0) is 25.6 Å². The number of aliphatic carboxylic acids is 1. The number of guanidine groups is 2. The van der Waals surface area contributed by atoms with Crippen molar-refractivity contribution in [2.75, 3.05) is 13.1 Å². The van der Waals surface area contributed by atoms with Crippen molar-refractivity contribution in [3.8, 4) is 5.75 Å². The van der Waals surface area contributed by atoms with Crippen LogP contribution in [0.1, 0.15) is 38.2 Å². The molecule has 15 N–H and O–H groups in total. The summed E-state index contributed by atoms with van der Waals surface area (Å²) in [6.45, 7) is 1.87. The normalized spacial score (nSPS) is 13.6. The number of carbonyl (C=O) groups is 4. The number of nitrogens with zero attached hydrogens (tertiary/aromatic N) is 2. The number of nitrogens with one attached hydrogen (secondary N) is 3. The zero-order valence-electron chi connectivity index (χ0n) is 22.4. The predicted octanol–water partition coefficient (Wildman–Crippen LogP) is -3.07. The number of amides is 3. The van der Waals surface area contributed by atoms with Crippen LogP contribution in [0.5, 0.6) is 5.75 Å². The van der Waals surface area contributed by atoms with Crippen molar-refractivity contribution in [3.05, 3.63) is 29.8 Å². The highest BCUT2D eigenvalue weighted by atomic mass is 16.4. The Kier molecular flexibility index (Phi) is 14.3. The quantitative estimate of drug-likeness (QED) is 0.0514. The van der Waals surface area contributed by atoms with Gasteiger partial charge in [0.1, 0.15) is 23.9 Å². The number of nitrogens with two attached hydrogens (primary N) is 5. The van der Waals surface area contributed by atoms with Crippen LogP contribution < -0.4 is 44.6 Å². The summed E-state index contributed by atoms with van der Waals surface area (Å²) in [6, 6.07) is 1.40. The first-order chi connectivity index (χ1) is 18.8. The van der Waals surface area contributed by atoms with Crippen molar-refractivity contribution in [1.29, 1.82) is 0 Å². The first-order valence-electron chi connectivity index (χ1n) is 12.6. The van der Waals surface area contributed by atoms with E-state index in [4.69, 9.17) is 28.7 Å². The van der Waals surface area contributed by atoms with Crippen molar-refractivity contribution in [2.24, 2.45) is 38.7 Å². The lowest BCUT2D eigenvalue weighted by atomic mass is 10.0. The fourth-order valence-corrected chi connectivity index (χ4v) is 3.45. The van der Waals surface area contributed by atoms with Gasteiger partial charge in [0.25, 0.3) is 0 Å². The molecule has 16 nitrogen and oxygen atoms in total. The second kappa shape index (κ2) is 17.1. The third kappa shape index (κ3) is 13.3. The first-order valence-corrected chi connectivity index (χ1v) is 12.6. The minimum Gasteiger partial charge on any atom is -0.508 e. The molecule has 0 heterocycles. The maximum absolute atomic E-state index is 13.1. The number of phenols is 1. The maximum atomic E-state index is 13.1. The average Bonchev–Trinajstić information content (AvgIpc) is 2.88. The molecule has 0 spiro atoms. The summed E-state index contributed by atoms with van der Waals surface area (Å²) in [5.41, 5.74) is 27.6. The van der Waals surface area contributed by atoms with Crippen molar-refractivity contribution >= 4 is 35.6 Å². The van der Waals surface area contributed by atoms with Gasteiger partial charge >= 0.3 is 5.97 Å². The lowest BCUT2D eigenvalue weighted by Crippen LogP contribution is -2.56. The molecule has 0 saturated heterocycles. The van der Waals surface area contributed by atoms with Crippen LogP contribution in [-0.4, -0.2) is 83.1 Å². The van der Waals surface area contributed by atoms with Gasteiger partial charge in [-0.2, -0.15) is 0 Å². The number of carboxylic acid groups (broad SMARTS) is 1. The monoisotopic (exact) mass is 564 g/mol. The number of aromatic hydroxyl groups is 1. The predicted molar refractivity (Wildman–Crippen MR) is 149 cm³/mol. The van der Waals surface area contributed by atoms with E-state index >= 15 is 0 Å². The van der Waals surface area contributed by atoms with Crippen LogP contribution in [0.25, 0.3) is 0 Å². The van der Waals surface area contributed by atoms with Crippen LogP contribution in [0.15, 0.2) is 34.3 Å². The van der Waals surface area contributed by atoms with E-state index in [1.54, 1.807) is 0 Å². The Balaban J connectivity index is 2.85. The number of benzene rings is 1. The van der Waals surface area contributed by atoms with E-state index in [2.05, 4.69) is 25.9 Å². The number of rotatable bonds is 17. The molecule has 0 bridgehead atoms. The van der Waals surface area contributed by atoms with E-state index in [1.165, 1.54) is 31.2 Å². The molecule has 4 atom stereocenters. The molecule has 1 aromatic carbocycles. The average molecular weight is 565 g/mol. The molecule has 0 aromatic heterocycles. The Bertz CT molecular complexity index is 1050. The van der Waals surface area contributed by atoms with Gasteiger partial charge in [-0.15, -0.1) is 0 Å². The number of carboxylic acids is 1. The summed E-state index contributed by atoms with van der Waals surface area (Å²) in [5.74, 6) is -3.52. The fourth-order valence-electron chi connectivity index (χ4n) is 3.45. The molecule has 1 aromatic rings. The Morgan fingerprint density at radius 3 is 1.85 bits per heavy atom. The van der Waals surface area contributed by atoms with Crippen LogP contribution in [0, 0.1) is 0 Å². The molecule has 0 aliphatic rings. The molecule has 16 heteroatoms. The fraction of sp³-hybridized carbons (Fsp3) is 0.500. The smallest absolute Gasteiger partial charge is 0.326 e. The van der Waals surface area contributed by atoms with Gasteiger partial charge in [0.2, 0.25) is 17.7 Å². The minimum absolute atomic E-state index is 0.0105. The van der Waals surface area contributed by atoms with Gasteiger partial charge in [-0.1, -0.05) is 12.1 Å². The van der Waals surface area contributed by atoms with E-state index in [9.17, 15) is 29.4 Å². The highest BCUT2D eigenvalue weighted by Crippen LogP contribution is 2.12. The number of aliphatic imine (C=N–C) groups is 2. The van der Waals surface area contributed by atoms with E-state index in [1.807, 2.05) is 0 Å². The number of carbonyl (C=O) groups excluding carboxylic acids is 3. The van der Waals surface area contributed by atoms with Gasteiger partial charge in [0, 0.05) is 19.5 Å². The van der Waals surface area contributed by atoms with Crippen molar-refractivity contribution in [3.63, 3.8) is 0 Å². The third-order valence-electron chi connectivity index (χ3n) is 5.63. The SMILES string of the molecule is CC(NC(=O)C(N)CCCN=C(N)N)C(=O)NC(CCCN=C(N)N)C(=O)NC(Cc1ccc(O)cc1)C(=O)O. The zero-order chi connectivity index (χ0) is 30.2. The number of phenolic OH excluding ortho intramolecular Hbond substituents is 1. The van der Waals surface area contributed by atoms with Crippen molar-refractivity contribution in [1.82, 2.24) is 16.0 Å². The van der Waals surface area contributed by atoms with Crippen LogP contribution in [0.3, 0.4) is 0 Å². The summed E-state index contributed by atoms with van der Waals surface area (Å²) < 4.78 is 0. The topological polar surface area (TPSA) is 300 Å². The van der Waals surface area contributed by atoms with Crippen LogP contribution >= 0.6 is 0 Å². The highest BCUT2D eigenvalue weighted by molar-refractivity contribution is 5.94. The van der Waals surface area contributed by atoms with Crippen LogP contribution in [0.4, 0.5) is 0 Å². The van der Waals surface area contributed by atoms with E-state index in [0.717, 1.165) is 0 Å². The Morgan fingerprint density at radius 2 is 1.32 bits per heavy atom. The largest absolute Gasteiger partial charge is 0.508 e. The Labute approximate surface area is 231 Å². The van der Waals surface area contributed by atoms with E-state index < -0.39 is 47.9 Å². The molecule has 4 unspecified atom stereocenters. The van der Waals surface area contributed by atoms with Gasteiger partial charge in [0.05, 0.1) is 6.04 Å². The molecule has 0 aliphatic carbocycles. The van der Waals surface area contributed by atoms with Gasteiger partial charge in [-0.05, 0) is 50.3 Å². The maximum Gasteiger partial charge on any atom is 0.326 e. The summed E-state index contributed by atoms with van der Waals surface area (Å²) in [6.07, 6.45) is 1.01. The van der Waals surface area contributed by atoms with Crippen molar-refractivity contribution in [2.45, 2.75) is 63.2 Å². The second-order valence-electron chi connectivity index (χ2n) is 9.07. The lowest BCUT2D eigenvalue weighted by molar-refractivity contribution is -0.142.